The lowest BCUT2D eigenvalue weighted by molar-refractivity contribution is -0.133. The van der Waals surface area contributed by atoms with Gasteiger partial charge in [-0.2, -0.15) is 0 Å². The van der Waals surface area contributed by atoms with Crippen molar-refractivity contribution < 1.29 is 4.79 Å². The molecule has 2 rings (SSSR count). The summed E-state index contributed by atoms with van der Waals surface area (Å²) in [6.45, 7) is 5.16. The summed E-state index contributed by atoms with van der Waals surface area (Å²) in [4.78, 5) is 14.2. The molecule has 0 radical (unpaired) electrons. The third kappa shape index (κ3) is 3.63. The van der Waals surface area contributed by atoms with E-state index in [9.17, 15) is 4.79 Å². The Kier molecular flexibility index (Phi) is 5.56. The Morgan fingerprint density at radius 1 is 1.38 bits per heavy atom. The summed E-state index contributed by atoms with van der Waals surface area (Å²) in [5.41, 5.74) is 0. The summed E-state index contributed by atoms with van der Waals surface area (Å²) in [6, 6.07) is 0.469. The molecule has 16 heavy (non-hydrogen) atoms. The fourth-order valence-electron chi connectivity index (χ4n) is 2.34. The number of amides is 1. The molecule has 0 aromatic rings. The lowest BCUT2D eigenvalue weighted by Gasteiger charge is -2.28. The van der Waals surface area contributed by atoms with Gasteiger partial charge >= 0.3 is 0 Å². The van der Waals surface area contributed by atoms with Gasteiger partial charge in [-0.15, -0.1) is 12.4 Å². The van der Waals surface area contributed by atoms with Gasteiger partial charge in [0, 0.05) is 25.6 Å². The van der Waals surface area contributed by atoms with Gasteiger partial charge in [-0.05, 0) is 38.1 Å². The van der Waals surface area contributed by atoms with Crippen molar-refractivity contribution in [3.05, 3.63) is 0 Å². The van der Waals surface area contributed by atoms with Crippen molar-refractivity contribution in [1.29, 1.82) is 0 Å². The molecule has 1 amide bonds. The van der Waals surface area contributed by atoms with Crippen molar-refractivity contribution in [3.63, 3.8) is 0 Å². The smallest absolute Gasteiger partial charge is 0.223 e. The van der Waals surface area contributed by atoms with Gasteiger partial charge in [0.15, 0.2) is 0 Å². The number of halogens is 1. The molecule has 3 nitrogen and oxygen atoms in total. The van der Waals surface area contributed by atoms with Crippen LogP contribution in [0.15, 0.2) is 0 Å². The molecular formula is C12H23ClN2O. The predicted molar refractivity (Wildman–Crippen MR) is 67.9 cm³/mol. The zero-order chi connectivity index (χ0) is 10.7. The molecule has 1 aliphatic heterocycles. The van der Waals surface area contributed by atoms with Crippen molar-refractivity contribution in [2.45, 2.75) is 45.1 Å². The van der Waals surface area contributed by atoms with E-state index >= 15 is 0 Å². The summed E-state index contributed by atoms with van der Waals surface area (Å²) < 4.78 is 0. The average Bonchev–Trinajstić information content (AvgIpc) is 2.87. The second-order valence-corrected chi connectivity index (χ2v) is 4.88. The van der Waals surface area contributed by atoms with Gasteiger partial charge in [0.05, 0.1) is 0 Å². The third-order valence-electron chi connectivity index (χ3n) is 3.42. The maximum Gasteiger partial charge on any atom is 0.223 e. The summed E-state index contributed by atoms with van der Waals surface area (Å²) >= 11 is 0. The van der Waals surface area contributed by atoms with Gasteiger partial charge in [-0.1, -0.05) is 6.92 Å². The number of hydrogen-bond acceptors (Lipinski definition) is 2. The van der Waals surface area contributed by atoms with E-state index in [2.05, 4.69) is 17.1 Å². The zero-order valence-electron chi connectivity index (χ0n) is 10.1. The summed E-state index contributed by atoms with van der Waals surface area (Å²) in [5.74, 6) is 1.11. The van der Waals surface area contributed by atoms with Crippen LogP contribution in [0.3, 0.4) is 0 Å². The van der Waals surface area contributed by atoms with Gasteiger partial charge in [0.2, 0.25) is 5.91 Å². The number of nitrogens with one attached hydrogen (secondary N) is 1. The molecule has 1 aliphatic carbocycles. The van der Waals surface area contributed by atoms with Gasteiger partial charge in [0.25, 0.3) is 0 Å². The first-order valence-corrected chi connectivity index (χ1v) is 6.31. The van der Waals surface area contributed by atoms with Crippen LogP contribution in [0.2, 0.25) is 0 Å². The average molecular weight is 247 g/mol. The lowest BCUT2D eigenvalue weighted by Crippen LogP contribution is -2.42. The van der Waals surface area contributed by atoms with Crippen LogP contribution in [0.1, 0.15) is 39.0 Å². The summed E-state index contributed by atoms with van der Waals surface area (Å²) in [7, 11) is 0. The molecule has 2 fully saturated rings. The number of rotatable bonds is 5. The maximum absolute atomic E-state index is 12.1. The van der Waals surface area contributed by atoms with E-state index in [1.54, 1.807) is 0 Å². The lowest BCUT2D eigenvalue weighted by atomic mass is 10.1. The number of carbonyl (C=O) groups excluding carboxylic acids is 1. The van der Waals surface area contributed by atoms with Gasteiger partial charge < -0.3 is 10.2 Å². The van der Waals surface area contributed by atoms with E-state index in [0.29, 0.717) is 17.9 Å². The highest BCUT2D eigenvalue weighted by atomic mass is 35.5. The second-order valence-electron chi connectivity index (χ2n) is 4.88. The SMILES string of the molecule is CCCN(C(=O)CC1CC1)C1CCNC1.Cl. The Morgan fingerprint density at radius 3 is 2.62 bits per heavy atom. The maximum atomic E-state index is 12.1. The van der Waals surface area contributed by atoms with Gasteiger partial charge in [-0.3, -0.25) is 4.79 Å². The normalized spacial score (nSPS) is 23.9. The molecule has 4 heteroatoms. The van der Waals surface area contributed by atoms with Crippen molar-refractivity contribution >= 4 is 18.3 Å². The topological polar surface area (TPSA) is 32.3 Å². The molecule has 0 spiro atoms. The van der Waals surface area contributed by atoms with E-state index < -0.39 is 0 Å². The molecule has 0 aromatic heterocycles. The standard InChI is InChI=1S/C12H22N2O.ClH/c1-2-7-14(11-5-6-13-9-11)12(15)8-10-3-4-10;/h10-11,13H,2-9H2,1H3;1H. The van der Waals surface area contributed by atoms with Crippen molar-refractivity contribution in [2.75, 3.05) is 19.6 Å². The van der Waals surface area contributed by atoms with Crippen LogP contribution in [0.25, 0.3) is 0 Å². The molecule has 0 bridgehead atoms. The predicted octanol–water partition coefficient (Wildman–Crippen LogP) is 1.81. The van der Waals surface area contributed by atoms with Crippen molar-refractivity contribution in [3.8, 4) is 0 Å². The Hall–Kier alpha value is -0.280. The fraction of sp³-hybridized carbons (Fsp3) is 0.917. The fourth-order valence-corrected chi connectivity index (χ4v) is 2.34. The molecule has 1 N–H and O–H groups in total. The van der Waals surface area contributed by atoms with Crippen LogP contribution in [-0.2, 0) is 4.79 Å². The van der Waals surface area contributed by atoms with E-state index in [1.807, 2.05) is 0 Å². The van der Waals surface area contributed by atoms with Crippen LogP contribution in [-0.4, -0.2) is 36.5 Å². The zero-order valence-corrected chi connectivity index (χ0v) is 10.9. The molecule has 1 saturated carbocycles. The van der Waals surface area contributed by atoms with E-state index in [-0.39, 0.29) is 12.4 Å². The third-order valence-corrected chi connectivity index (χ3v) is 3.42. The monoisotopic (exact) mass is 246 g/mol. The van der Waals surface area contributed by atoms with Crippen LogP contribution < -0.4 is 5.32 Å². The minimum Gasteiger partial charge on any atom is -0.338 e. The largest absolute Gasteiger partial charge is 0.338 e. The van der Waals surface area contributed by atoms with Crippen molar-refractivity contribution in [2.24, 2.45) is 5.92 Å². The summed E-state index contributed by atoms with van der Waals surface area (Å²) in [6.07, 6.45) is 5.56. The molecular weight excluding hydrogens is 224 g/mol. The van der Waals surface area contributed by atoms with E-state index in [1.165, 1.54) is 12.8 Å². The Balaban J connectivity index is 0.00000128. The highest BCUT2D eigenvalue weighted by Gasteiger charge is 2.30. The van der Waals surface area contributed by atoms with Crippen molar-refractivity contribution in [1.82, 2.24) is 10.2 Å². The van der Waals surface area contributed by atoms with Crippen LogP contribution in [0, 0.1) is 5.92 Å². The van der Waals surface area contributed by atoms with Crippen LogP contribution in [0.5, 0.6) is 0 Å². The highest BCUT2D eigenvalue weighted by Crippen LogP contribution is 2.33. The molecule has 1 saturated heterocycles. The molecule has 1 unspecified atom stereocenters. The van der Waals surface area contributed by atoms with E-state index in [0.717, 1.165) is 38.9 Å². The van der Waals surface area contributed by atoms with Gasteiger partial charge in [0.1, 0.15) is 0 Å². The first-order chi connectivity index (χ1) is 7.31. The van der Waals surface area contributed by atoms with E-state index in [4.69, 9.17) is 0 Å². The Morgan fingerprint density at radius 2 is 2.12 bits per heavy atom. The Labute approximate surface area is 104 Å². The first-order valence-electron chi connectivity index (χ1n) is 6.31. The number of carbonyl (C=O) groups is 1. The number of nitrogens with zero attached hydrogens (tertiary/aromatic N) is 1. The quantitative estimate of drug-likeness (QED) is 0.803. The minimum absolute atomic E-state index is 0. The molecule has 1 atom stereocenters. The molecule has 2 aliphatic rings. The second kappa shape index (κ2) is 6.45. The Bertz CT molecular complexity index is 225. The minimum atomic E-state index is 0. The first kappa shape index (κ1) is 13.8. The summed E-state index contributed by atoms with van der Waals surface area (Å²) in [5, 5.41) is 3.34. The molecule has 1 heterocycles. The molecule has 0 aromatic carbocycles. The highest BCUT2D eigenvalue weighted by molar-refractivity contribution is 5.85. The van der Waals surface area contributed by atoms with Crippen LogP contribution >= 0.6 is 12.4 Å². The van der Waals surface area contributed by atoms with Gasteiger partial charge in [-0.25, -0.2) is 0 Å². The number of hydrogen-bond donors (Lipinski definition) is 1. The molecule has 94 valence electrons. The van der Waals surface area contributed by atoms with Crippen LogP contribution in [0.4, 0.5) is 0 Å².